The van der Waals surface area contributed by atoms with Crippen molar-refractivity contribution >= 4 is 48.1 Å². The third-order valence-electron chi connectivity index (χ3n) is 3.07. The fraction of sp³-hybridized carbons (Fsp3) is 0.692. The Balaban J connectivity index is 4.90. The molecule has 3 unspecified atom stereocenters. The summed E-state index contributed by atoms with van der Waals surface area (Å²) in [6.45, 7) is 0. The van der Waals surface area contributed by atoms with E-state index in [9.17, 15) is 19.2 Å². The summed E-state index contributed by atoms with van der Waals surface area (Å²) in [4.78, 5) is 46.1. The average molecular weight is 380 g/mol. The van der Waals surface area contributed by atoms with Crippen molar-refractivity contribution in [2.45, 2.75) is 37.4 Å². The number of amides is 3. The number of carboxylic acids is 1. The third-order valence-corrected chi connectivity index (χ3v) is 4.11. The van der Waals surface area contributed by atoms with Gasteiger partial charge >= 0.3 is 5.97 Å². The smallest absolute Gasteiger partial charge is 0.326 e. The van der Waals surface area contributed by atoms with Gasteiger partial charge in [0.05, 0.1) is 6.04 Å². The minimum absolute atomic E-state index is 0.110. The van der Waals surface area contributed by atoms with Crippen LogP contribution in [0.1, 0.15) is 19.3 Å². The minimum Gasteiger partial charge on any atom is -0.480 e. The summed E-state index contributed by atoms with van der Waals surface area (Å²) in [6, 6.07) is -3.06. The molecular weight excluding hydrogens is 356 g/mol. The van der Waals surface area contributed by atoms with E-state index in [4.69, 9.17) is 16.6 Å². The second-order valence-corrected chi connectivity index (χ2v) is 6.39. The van der Waals surface area contributed by atoms with E-state index in [-0.39, 0.29) is 18.6 Å². The first-order valence-corrected chi connectivity index (χ1v) is 9.22. The van der Waals surface area contributed by atoms with Crippen LogP contribution in [-0.4, -0.2) is 64.7 Å². The van der Waals surface area contributed by atoms with Crippen molar-refractivity contribution in [2.75, 3.05) is 17.8 Å². The Labute approximate surface area is 150 Å². The van der Waals surface area contributed by atoms with Gasteiger partial charge in [-0.05, 0) is 24.9 Å². The zero-order valence-electron chi connectivity index (χ0n) is 13.4. The Morgan fingerprint density at radius 2 is 1.71 bits per heavy atom. The third kappa shape index (κ3) is 8.99. The highest BCUT2D eigenvalue weighted by Crippen LogP contribution is 2.04. The van der Waals surface area contributed by atoms with Crippen molar-refractivity contribution in [1.82, 2.24) is 10.6 Å². The van der Waals surface area contributed by atoms with Gasteiger partial charge in [-0.1, -0.05) is 0 Å². The number of rotatable bonds is 12. The van der Waals surface area contributed by atoms with Crippen LogP contribution in [-0.2, 0) is 19.2 Å². The lowest BCUT2D eigenvalue weighted by Gasteiger charge is -2.22. The van der Waals surface area contributed by atoms with Crippen molar-refractivity contribution in [3.8, 4) is 0 Å². The molecule has 0 saturated heterocycles. The summed E-state index contributed by atoms with van der Waals surface area (Å²) in [5.41, 5.74) is 10.5. The molecule has 0 spiro atoms. The number of aliphatic carboxylic acids is 1. The quantitative estimate of drug-likeness (QED) is 0.220. The molecule has 11 heteroatoms. The number of carbonyl (C=O) groups excluding carboxylic acids is 3. The molecule has 0 aliphatic carbocycles. The molecule has 0 aromatic carbocycles. The van der Waals surface area contributed by atoms with Crippen LogP contribution < -0.4 is 22.1 Å². The molecule has 0 heterocycles. The van der Waals surface area contributed by atoms with Crippen LogP contribution in [0.25, 0.3) is 0 Å². The highest BCUT2D eigenvalue weighted by molar-refractivity contribution is 7.98. The first-order valence-electron chi connectivity index (χ1n) is 7.20. The minimum atomic E-state index is -1.29. The molecular formula is C13H24N4O5S2. The van der Waals surface area contributed by atoms with E-state index in [1.54, 1.807) is 0 Å². The second kappa shape index (κ2) is 12.0. The van der Waals surface area contributed by atoms with Gasteiger partial charge in [-0.2, -0.15) is 24.4 Å². The van der Waals surface area contributed by atoms with Gasteiger partial charge in [0.2, 0.25) is 17.7 Å². The van der Waals surface area contributed by atoms with Gasteiger partial charge < -0.3 is 27.2 Å². The number of nitrogens with two attached hydrogens (primary N) is 2. The van der Waals surface area contributed by atoms with Crippen molar-refractivity contribution in [3.05, 3.63) is 0 Å². The fourth-order valence-corrected chi connectivity index (χ4v) is 2.32. The molecule has 24 heavy (non-hydrogen) atoms. The van der Waals surface area contributed by atoms with Crippen LogP contribution in [0, 0.1) is 0 Å². The number of carboxylic acid groups (broad SMARTS) is 1. The Hall–Kier alpha value is -1.46. The van der Waals surface area contributed by atoms with E-state index >= 15 is 0 Å². The number of primary amides is 1. The number of nitrogens with one attached hydrogen (secondary N) is 2. The van der Waals surface area contributed by atoms with Gasteiger partial charge in [-0.3, -0.25) is 14.4 Å². The van der Waals surface area contributed by atoms with E-state index in [0.29, 0.717) is 12.2 Å². The van der Waals surface area contributed by atoms with Gasteiger partial charge in [-0.25, -0.2) is 4.79 Å². The van der Waals surface area contributed by atoms with Crippen LogP contribution in [0.5, 0.6) is 0 Å². The Kier molecular flexibility index (Phi) is 11.3. The summed E-state index contributed by atoms with van der Waals surface area (Å²) in [7, 11) is 0. The molecule has 7 N–H and O–H groups in total. The molecule has 0 aliphatic rings. The average Bonchev–Trinajstić information content (AvgIpc) is 2.53. The molecule has 0 saturated carbocycles. The summed E-state index contributed by atoms with van der Waals surface area (Å²) >= 11 is 5.39. The van der Waals surface area contributed by atoms with Crippen LogP contribution in [0.2, 0.25) is 0 Å². The van der Waals surface area contributed by atoms with Gasteiger partial charge in [0.15, 0.2) is 0 Å². The van der Waals surface area contributed by atoms with E-state index in [1.165, 1.54) is 11.8 Å². The van der Waals surface area contributed by atoms with Gasteiger partial charge in [0.1, 0.15) is 12.1 Å². The largest absolute Gasteiger partial charge is 0.480 e. The van der Waals surface area contributed by atoms with E-state index in [0.717, 1.165) is 0 Å². The predicted octanol–water partition coefficient (Wildman–Crippen LogP) is -1.68. The van der Waals surface area contributed by atoms with Gasteiger partial charge in [-0.15, -0.1) is 0 Å². The Bertz CT molecular complexity index is 464. The SMILES string of the molecule is CSCCC(NC(=O)C(N)CS)C(=O)NC(CCC(N)=O)C(=O)O. The number of thiol groups is 1. The lowest BCUT2D eigenvalue weighted by atomic mass is 10.1. The summed E-state index contributed by atoms with van der Waals surface area (Å²) in [6.07, 6.45) is 1.84. The van der Waals surface area contributed by atoms with Crippen molar-refractivity contribution in [1.29, 1.82) is 0 Å². The second-order valence-electron chi connectivity index (χ2n) is 5.04. The zero-order chi connectivity index (χ0) is 18.7. The highest BCUT2D eigenvalue weighted by Gasteiger charge is 2.27. The van der Waals surface area contributed by atoms with E-state index in [2.05, 4.69) is 23.3 Å². The van der Waals surface area contributed by atoms with Crippen LogP contribution in [0.4, 0.5) is 0 Å². The molecule has 9 nitrogen and oxygen atoms in total. The summed E-state index contributed by atoms with van der Waals surface area (Å²) in [5, 5.41) is 13.9. The first kappa shape index (κ1) is 22.5. The topological polar surface area (TPSA) is 165 Å². The van der Waals surface area contributed by atoms with E-state index < -0.39 is 41.8 Å². The first-order chi connectivity index (χ1) is 11.2. The predicted molar refractivity (Wildman–Crippen MR) is 94.8 cm³/mol. The maximum Gasteiger partial charge on any atom is 0.326 e. The van der Waals surface area contributed by atoms with Crippen LogP contribution in [0.3, 0.4) is 0 Å². The monoisotopic (exact) mass is 380 g/mol. The summed E-state index contributed by atoms with van der Waals surface area (Å²) < 4.78 is 0. The molecule has 3 atom stereocenters. The normalized spacial score (nSPS) is 14.3. The molecule has 0 rings (SSSR count). The molecule has 138 valence electrons. The number of thioether (sulfide) groups is 1. The van der Waals surface area contributed by atoms with Gasteiger partial charge in [0.25, 0.3) is 0 Å². The van der Waals surface area contributed by atoms with Gasteiger partial charge in [0, 0.05) is 12.2 Å². The highest BCUT2D eigenvalue weighted by atomic mass is 32.2. The van der Waals surface area contributed by atoms with E-state index in [1.807, 2.05) is 6.26 Å². The molecule has 0 aromatic heterocycles. The molecule has 0 aliphatic heterocycles. The Morgan fingerprint density at radius 1 is 1.12 bits per heavy atom. The maximum absolute atomic E-state index is 12.3. The summed E-state index contributed by atoms with van der Waals surface area (Å²) in [5.74, 6) is -2.46. The number of hydrogen-bond acceptors (Lipinski definition) is 7. The lowest BCUT2D eigenvalue weighted by molar-refractivity contribution is -0.142. The molecule has 0 aromatic rings. The van der Waals surface area contributed by atoms with Crippen molar-refractivity contribution < 1.29 is 24.3 Å². The van der Waals surface area contributed by atoms with Crippen LogP contribution in [0.15, 0.2) is 0 Å². The zero-order valence-corrected chi connectivity index (χ0v) is 15.1. The fourth-order valence-electron chi connectivity index (χ4n) is 1.68. The molecule has 0 radical (unpaired) electrons. The number of carbonyl (C=O) groups is 4. The van der Waals surface area contributed by atoms with Crippen molar-refractivity contribution in [3.63, 3.8) is 0 Å². The van der Waals surface area contributed by atoms with Crippen LogP contribution >= 0.6 is 24.4 Å². The lowest BCUT2D eigenvalue weighted by Crippen LogP contribution is -2.55. The molecule has 0 fully saturated rings. The maximum atomic E-state index is 12.3. The molecule has 0 bridgehead atoms. The number of hydrogen-bond donors (Lipinski definition) is 6. The Morgan fingerprint density at radius 3 is 2.17 bits per heavy atom. The van der Waals surface area contributed by atoms with Crippen molar-refractivity contribution in [2.24, 2.45) is 11.5 Å². The molecule has 3 amide bonds. The standard InChI is InChI=1S/C13H24N4O5S2/c1-24-5-4-8(16-11(19)7(14)6-23)12(20)17-9(13(21)22)2-3-10(15)18/h7-9,23H,2-6,14H2,1H3,(H2,15,18)(H,16,19)(H,17,20)(H,21,22).